The molecule has 0 radical (unpaired) electrons. The molecule has 0 spiro atoms. The van der Waals surface area contributed by atoms with Gasteiger partial charge < -0.3 is 14.9 Å². The zero-order chi connectivity index (χ0) is 17.2. The fourth-order valence-electron chi connectivity index (χ4n) is 8.39. The van der Waals surface area contributed by atoms with Crippen LogP contribution in [0.3, 0.4) is 0 Å². The van der Waals surface area contributed by atoms with Gasteiger partial charge >= 0.3 is 35.6 Å². The Morgan fingerprint density at radius 2 is 0.741 bits per heavy atom. The van der Waals surface area contributed by atoms with Crippen LogP contribution in [0.15, 0.2) is 0 Å². The molecule has 27 heavy (non-hydrogen) atoms. The molecule has 5 aliphatic rings. The Kier molecular flexibility index (Phi) is 10.6. The minimum absolute atomic E-state index is 0. The van der Waals surface area contributed by atoms with E-state index >= 15 is 0 Å². The molecular formula is C24H42Cl2Ti-2. The van der Waals surface area contributed by atoms with Crippen LogP contribution < -0.4 is 0 Å². The fourth-order valence-corrected chi connectivity index (χ4v) is 8.39. The third-order valence-electron chi connectivity index (χ3n) is 9.20. The van der Waals surface area contributed by atoms with Crippen LogP contribution in [0.25, 0.3) is 0 Å². The molecule has 0 amide bonds. The Hall–Kier alpha value is 1.29. The van der Waals surface area contributed by atoms with Crippen LogP contribution >= 0.6 is 18.6 Å². The standard InChI is InChI=1S/C22H36.2CH3.2ClH.Ti/c1-3-7-19-15(5-1)13-17-9-12-22-18(10-11-21(17)19)14-16-6-2-4-8-20(16)22;;;;;/h15-22H,1-14H2;2*1H3;2*1H;/q;2*-1;;;+2/p-2. The zero-order valence-corrected chi connectivity index (χ0v) is 20.8. The monoisotopic (exact) mass is 448 g/mol. The van der Waals surface area contributed by atoms with Crippen molar-refractivity contribution in [2.24, 2.45) is 47.3 Å². The molecule has 0 aliphatic heterocycles. The van der Waals surface area contributed by atoms with E-state index in [1.165, 1.54) is 11.8 Å². The Morgan fingerprint density at radius 1 is 0.444 bits per heavy atom. The molecule has 3 heteroatoms. The first-order valence-corrected chi connectivity index (χ1v) is 15.6. The molecule has 0 aromatic heterocycles. The van der Waals surface area contributed by atoms with Crippen molar-refractivity contribution >= 4 is 18.6 Å². The van der Waals surface area contributed by atoms with Gasteiger partial charge in [-0.2, -0.15) is 0 Å². The molecule has 0 nitrogen and oxygen atoms in total. The Bertz CT molecular complexity index is 391. The van der Waals surface area contributed by atoms with Gasteiger partial charge in [0.1, 0.15) is 0 Å². The van der Waals surface area contributed by atoms with Gasteiger partial charge in [-0.3, -0.25) is 0 Å². The average molecular weight is 449 g/mol. The quantitative estimate of drug-likeness (QED) is 0.256. The summed E-state index contributed by atoms with van der Waals surface area (Å²) in [5, 5.41) is 0. The summed E-state index contributed by atoms with van der Waals surface area (Å²) in [7, 11) is 9.78. The second-order valence-electron chi connectivity index (χ2n) is 9.96. The minimum atomic E-state index is -0.556. The maximum absolute atomic E-state index is 4.89. The number of rotatable bonds is 0. The van der Waals surface area contributed by atoms with Gasteiger partial charge in [-0.05, 0) is 98.7 Å². The summed E-state index contributed by atoms with van der Waals surface area (Å²) in [6.07, 6.45) is 22.4. The summed E-state index contributed by atoms with van der Waals surface area (Å²) < 4.78 is 0. The molecule has 5 aliphatic carbocycles. The average Bonchev–Trinajstić information content (AvgIpc) is 3.14. The van der Waals surface area contributed by atoms with Crippen molar-refractivity contribution in [2.45, 2.75) is 89.9 Å². The SMILES string of the molecule is C1CCC2C(C1)CC1CCC3C(CCC12)CC1CCCCC13.[CH3-].[CH3-].[Cl][Ti][Cl]. The molecule has 0 aromatic carbocycles. The van der Waals surface area contributed by atoms with Gasteiger partial charge in [0.25, 0.3) is 0 Å². The van der Waals surface area contributed by atoms with Crippen molar-refractivity contribution in [3.63, 3.8) is 0 Å². The van der Waals surface area contributed by atoms with Gasteiger partial charge in [-0.25, -0.2) is 0 Å². The second kappa shape index (κ2) is 11.6. The number of hydrogen-bond donors (Lipinski definition) is 0. The van der Waals surface area contributed by atoms with E-state index in [2.05, 4.69) is 0 Å². The summed E-state index contributed by atoms with van der Waals surface area (Å²) in [5.41, 5.74) is 0. The molecule has 5 rings (SSSR count). The van der Waals surface area contributed by atoms with Crippen LogP contribution in [0.5, 0.6) is 0 Å². The predicted molar refractivity (Wildman–Crippen MR) is 117 cm³/mol. The molecule has 0 aromatic rings. The Balaban J connectivity index is 0.000000493. The van der Waals surface area contributed by atoms with E-state index in [0.29, 0.717) is 0 Å². The van der Waals surface area contributed by atoms with E-state index < -0.39 is 17.0 Å². The van der Waals surface area contributed by atoms with Crippen molar-refractivity contribution in [1.29, 1.82) is 0 Å². The van der Waals surface area contributed by atoms with Crippen molar-refractivity contribution in [3.05, 3.63) is 14.9 Å². The molecule has 8 atom stereocenters. The number of halogens is 2. The van der Waals surface area contributed by atoms with Crippen molar-refractivity contribution in [3.8, 4) is 0 Å². The molecule has 0 N–H and O–H groups in total. The first-order chi connectivity index (χ1) is 12.3. The van der Waals surface area contributed by atoms with E-state index in [4.69, 9.17) is 18.6 Å². The van der Waals surface area contributed by atoms with Crippen LogP contribution in [0.4, 0.5) is 0 Å². The predicted octanol–water partition coefficient (Wildman–Crippen LogP) is 8.72. The Labute approximate surface area is 187 Å². The summed E-state index contributed by atoms with van der Waals surface area (Å²) >= 11 is -0.556. The van der Waals surface area contributed by atoms with Crippen LogP contribution in [-0.2, 0) is 17.0 Å². The Morgan fingerprint density at radius 3 is 1.15 bits per heavy atom. The second-order valence-corrected chi connectivity index (χ2v) is 12.5. The summed E-state index contributed by atoms with van der Waals surface area (Å²) in [5.74, 6) is 9.27. The third-order valence-corrected chi connectivity index (χ3v) is 9.20. The van der Waals surface area contributed by atoms with Gasteiger partial charge in [0.05, 0.1) is 0 Å². The van der Waals surface area contributed by atoms with Gasteiger partial charge in [0.15, 0.2) is 0 Å². The van der Waals surface area contributed by atoms with Crippen LogP contribution in [0.1, 0.15) is 89.9 Å². The zero-order valence-electron chi connectivity index (χ0n) is 17.8. The fraction of sp³-hybridized carbons (Fsp3) is 0.917. The van der Waals surface area contributed by atoms with E-state index in [9.17, 15) is 0 Å². The van der Waals surface area contributed by atoms with Gasteiger partial charge in [-0.15, -0.1) is 0 Å². The van der Waals surface area contributed by atoms with E-state index in [-0.39, 0.29) is 14.9 Å². The third kappa shape index (κ3) is 5.32. The first-order valence-electron chi connectivity index (χ1n) is 11.3. The van der Waals surface area contributed by atoms with E-state index in [1.54, 1.807) is 89.9 Å². The maximum atomic E-state index is 4.89. The van der Waals surface area contributed by atoms with Crippen LogP contribution in [-0.4, -0.2) is 0 Å². The van der Waals surface area contributed by atoms with Crippen LogP contribution in [0.2, 0.25) is 0 Å². The molecule has 5 fully saturated rings. The summed E-state index contributed by atoms with van der Waals surface area (Å²) in [6, 6.07) is 0. The van der Waals surface area contributed by atoms with Crippen molar-refractivity contribution in [1.82, 2.24) is 0 Å². The molecule has 5 saturated carbocycles. The van der Waals surface area contributed by atoms with Crippen LogP contribution in [0, 0.1) is 62.2 Å². The van der Waals surface area contributed by atoms with Crippen molar-refractivity contribution < 1.29 is 17.0 Å². The molecule has 0 saturated heterocycles. The molecule has 8 unspecified atom stereocenters. The van der Waals surface area contributed by atoms with Gasteiger partial charge in [0.2, 0.25) is 0 Å². The summed E-state index contributed by atoms with van der Waals surface area (Å²) in [6.45, 7) is 0. The van der Waals surface area contributed by atoms with E-state index in [0.717, 1.165) is 35.5 Å². The van der Waals surface area contributed by atoms with Crippen molar-refractivity contribution in [2.75, 3.05) is 0 Å². The van der Waals surface area contributed by atoms with E-state index in [1.807, 2.05) is 0 Å². The molecule has 158 valence electrons. The molecule has 0 heterocycles. The first kappa shape index (κ1) is 24.6. The number of fused-ring (bicyclic) bond motifs is 6. The van der Waals surface area contributed by atoms with Gasteiger partial charge in [0, 0.05) is 0 Å². The normalized spacial score (nSPS) is 45.0. The summed E-state index contributed by atoms with van der Waals surface area (Å²) in [4.78, 5) is 0. The molecular weight excluding hydrogens is 407 g/mol. The van der Waals surface area contributed by atoms with Gasteiger partial charge in [-0.1, -0.05) is 38.5 Å². The topological polar surface area (TPSA) is 0 Å². The molecule has 0 bridgehead atoms. The number of hydrogen-bond acceptors (Lipinski definition) is 0.